The van der Waals surface area contributed by atoms with Crippen molar-refractivity contribution in [2.75, 3.05) is 24.4 Å². The van der Waals surface area contributed by atoms with Crippen LogP contribution in [0, 0.1) is 0 Å². The van der Waals surface area contributed by atoms with Gasteiger partial charge in [0.1, 0.15) is 5.75 Å². The second-order valence-corrected chi connectivity index (χ2v) is 6.05. The van der Waals surface area contributed by atoms with Crippen molar-refractivity contribution in [3.8, 4) is 5.75 Å². The van der Waals surface area contributed by atoms with E-state index in [0.717, 1.165) is 28.8 Å². The number of nitrogens with zero attached hydrogens (tertiary/aromatic N) is 2. The topological polar surface area (TPSA) is 37.4 Å². The van der Waals surface area contributed by atoms with Crippen LogP contribution in [0.1, 0.15) is 5.69 Å². The molecule has 0 atom stereocenters. The Morgan fingerprint density at radius 1 is 1.09 bits per heavy atom. The molecule has 0 saturated heterocycles. The Morgan fingerprint density at radius 2 is 1.83 bits per heavy atom. The zero-order valence-corrected chi connectivity index (χ0v) is 14.0. The Labute approximate surface area is 140 Å². The zero-order chi connectivity index (χ0) is 16.1. The van der Waals surface area contributed by atoms with Crippen molar-refractivity contribution < 1.29 is 4.74 Å². The lowest BCUT2D eigenvalue weighted by Gasteiger charge is -2.17. The van der Waals surface area contributed by atoms with E-state index in [2.05, 4.69) is 39.8 Å². The van der Waals surface area contributed by atoms with E-state index in [1.54, 1.807) is 18.4 Å². The molecular weight excluding hydrogens is 306 g/mol. The van der Waals surface area contributed by atoms with E-state index in [4.69, 9.17) is 4.74 Å². The normalized spacial score (nSPS) is 10.3. The van der Waals surface area contributed by atoms with E-state index in [-0.39, 0.29) is 0 Å². The molecule has 0 aliphatic heterocycles. The van der Waals surface area contributed by atoms with E-state index in [1.165, 1.54) is 5.69 Å². The fourth-order valence-electron chi connectivity index (χ4n) is 2.25. The minimum Gasteiger partial charge on any atom is -0.497 e. The van der Waals surface area contributed by atoms with Gasteiger partial charge >= 0.3 is 0 Å². The van der Waals surface area contributed by atoms with Crippen molar-refractivity contribution in [3.63, 3.8) is 0 Å². The van der Waals surface area contributed by atoms with Gasteiger partial charge in [-0.15, -0.1) is 11.3 Å². The molecule has 0 radical (unpaired) electrons. The summed E-state index contributed by atoms with van der Waals surface area (Å²) in [4.78, 5) is 6.83. The molecule has 0 aliphatic carbocycles. The molecule has 0 saturated carbocycles. The number of hydrogen-bond donors (Lipinski definition) is 1. The third-order valence-electron chi connectivity index (χ3n) is 3.49. The maximum atomic E-state index is 5.16. The fourth-order valence-corrected chi connectivity index (χ4v) is 2.97. The van der Waals surface area contributed by atoms with Crippen LogP contribution in [0.15, 0.2) is 60.0 Å². The second kappa shape index (κ2) is 7.15. The van der Waals surface area contributed by atoms with Gasteiger partial charge in [0.15, 0.2) is 5.13 Å². The second-order valence-electron chi connectivity index (χ2n) is 5.19. The largest absolute Gasteiger partial charge is 0.497 e. The Morgan fingerprint density at radius 3 is 2.52 bits per heavy atom. The Kier molecular flexibility index (Phi) is 4.78. The number of anilines is 3. The molecule has 4 nitrogen and oxygen atoms in total. The highest BCUT2D eigenvalue weighted by molar-refractivity contribution is 7.13. The number of ether oxygens (including phenoxy) is 1. The Hall–Kier alpha value is -2.53. The third kappa shape index (κ3) is 4.02. The molecule has 0 unspecified atom stereocenters. The summed E-state index contributed by atoms with van der Waals surface area (Å²) >= 11 is 1.61. The van der Waals surface area contributed by atoms with Crippen molar-refractivity contribution in [1.29, 1.82) is 0 Å². The predicted molar refractivity (Wildman–Crippen MR) is 96.9 cm³/mol. The lowest BCUT2D eigenvalue weighted by molar-refractivity contribution is 0.415. The van der Waals surface area contributed by atoms with Crippen LogP contribution in [0.2, 0.25) is 0 Å². The molecule has 3 rings (SSSR count). The molecule has 1 heterocycles. The van der Waals surface area contributed by atoms with Gasteiger partial charge in [0.05, 0.1) is 19.3 Å². The summed E-state index contributed by atoms with van der Waals surface area (Å²) in [5.41, 5.74) is 3.24. The summed E-state index contributed by atoms with van der Waals surface area (Å²) in [6.45, 7) is 0.783. The van der Waals surface area contributed by atoms with Gasteiger partial charge in [0, 0.05) is 23.8 Å². The van der Waals surface area contributed by atoms with Crippen LogP contribution in [0.3, 0.4) is 0 Å². The summed E-state index contributed by atoms with van der Waals surface area (Å²) < 4.78 is 5.16. The molecular formula is C18H19N3OS. The standard InChI is InChI=1S/C18H19N3OS/c1-21(16-6-4-3-5-7-16)12-15-13-23-18(20-15)19-14-8-10-17(22-2)11-9-14/h3-11,13H,12H2,1-2H3,(H,19,20). The molecule has 1 aromatic heterocycles. The monoisotopic (exact) mass is 325 g/mol. The Bertz CT molecular complexity index is 740. The number of hydrogen-bond acceptors (Lipinski definition) is 5. The smallest absolute Gasteiger partial charge is 0.187 e. The fraction of sp³-hybridized carbons (Fsp3) is 0.167. The summed E-state index contributed by atoms with van der Waals surface area (Å²) in [6.07, 6.45) is 0. The first-order chi connectivity index (χ1) is 11.2. The van der Waals surface area contributed by atoms with Gasteiger partial charge in [-0.25, -0.2) is 4.98 Å². The highest BCUT2D eigenvalue weighted by atomic mass is 32.1. The van der Waals surface area contributed by atoms with Crippen LogP contribution >= 0.6 is 11.3 Å². The number of methoxy groups -OCH3 is 1. The first kappa shape index (κ1) is 15.4. The molecule has 23 heavy (non-hydrogen) atoms. The minimum absolute atomic E-state index is 0.783. The van der Waals surface area contributed by atoms with Gasteiger partial charge in [0.2, 0.25) is 0 Å². The molecule has 118 valence electrons. The van der Waals surface area contributed by atoms with Crippen LogP contribution < -0.4 is 15.0 Å². The SMILES string of the molecule is COc1ccc(Nc2nc(CN(C)c3ccccc3)cs2)cc1. The molecule has 3 aromatic rings. The van der Waals surface area contributed by atoms with Crippen molar-refractivity contribution in [3.05, 3.63) is 65.7 Å². The van der Waals surface area contributed by atoms with Crippen LogP contribution in [-0.4, -0.2) is 19.1 Å². The minimum atomic E-state index is 0.783. The number of para-hydroxylation sites is 1. The summed E-state index contributed by atoms with van der Waals surface area (Å²) in [6, 6.07) is 18.1. The predicted octanol–water partition coefficient (Wildman–Crippen LogP) is 4.53. The molecule has 0 fully saturated rings. The van der Waals surface area contributed by atoms with E-state index in [1.807, 2.05) is 42.5 Å². The van der Waals surface area contributed by atoms with Crippen molar-refractivity contribution in [1.82, 2.24) is 4.98 Å². The average Bonchev–Trinajstić information content (AvgIpc) is 3.03. The summed E-state index contributed by atoms with van der Waals surface area (Å²) in [7, 11) is 3.74. The van der Waals surface area contributed by atoms with E-state index in [0.29, 0.717) is 0 Å². The van der Waals surface area contributed by atoms with E-state index >= 15 is 0 Å². The molecule has 0 amide bonds. The van der Waals surface area contributed by atoms with E-state index < -0.39 is 0 Å². The van der Waals surface area contributed by atoms with Crippen molar-refractivity contribution >= 4 is 27.8 Å². The maximum Gasteiger partial charge on any atom is 0.187 e. The number of nitrogens with one attached hydrogen (secondary N) is 1. The van der Waals surface area contributed by atoms with Gasteiger partial charge in [0.25, 0.3) is 0 Å². The maximum absolute atomic E-state index is 5.16. The molecule has 0 bridgehead atoms. The molecule has 0 spiro atoms. The van der Waals surface area contributed by atoms with Crippen molar-refractivity contribution in [2.45, 2.75) is 6.54 Å². The molecule has 2 aromatic carbocycles. The zero-order valence-electron chi connectivity index (χ0n) is 13.2. The summed E-state index contributed by atoms with van der Waals surface area (Å²) in [5.74, 6) is 0.847. The van der Waals surface area contributed by atoms with Gasteiger partial charge < -0.3 is 15.0 Å². The van der Waals surface area contributed by atoms with Crippen molar-refractivity contribution in [2.24, 2.45) is 0 Å². The third-order valence-corrected chi connectivity index (χ3v) is 4.30. The van der Waals surface area contributed by atoms with Crippen LogP contribution in [0.5, 0.6) is 5.75 Å². The van der Waals surface area contributed by atoms with Crippen LogP contribution in [0.4, 0.5) is 16.5 Å². The number of rotatable bonds is 6. The molecule has 1 N–H and O–H groups in total. The highest BCUT2D eigenvalue weighted by Gasteiger charge is 2.06. The quantitative estimate of drug-likeness (QED) is 0.722. The van der Waals surface area contributed by atoms with Gasteiger partial charge in [-0.1, -0.05) is 18.2 Å². The number of benzene rings is 2. The number of aromatic nitrogens is 1. The molecule has 5 heteroatoms. The van der Waals surface area contributed by atoms with Gasteiger partial charge in [-0.05, 0) is 36.4 Å². The summed E-state index contributed by atoms with van der Waals surface area (Å²) in [5, 5.41) is 6.31. The lowest BCUT2D eigenvalue weighted by Crippen LogP contribution is -2.16. The van der Waals surface area contributed by atoms with Gasteiger partial charge in [-0.3, -0.25) is 0 Å². The van der Waals surface area contributed by atoms with Gasteiger partial charge in [-0.2, -0.15) is 0 Å². The van der Waals surface area contributed by atoms with E-state index in [9.17, 15) is 0 Å². The molecule has 0 aliphatic rings. The van der Waals surface area contributed by atoms with Crippen LogP contribution in [0.25, 0.3) is 0 Å². The first-order valence-corrected chi connectivity index (χ1v) is 8.24. The highest BCUT2D eigenvalue weighted by Crippen LogP contribution is 2.24. The Balaban J connectivity index is 1.63. The number of thiazole rings is 1. The lowest BCUT2D eigenvalue weighted by atomic mass is 10.3. The first-order valence-electron chi connectivity index (χ1n) is 7.36. The average molecular weight is 325 g/mol. The van der Waals surface area contributed by atoms with Crippen LogP contribution in [-0.2, 0) is 6.54 Å².